The van der Waals surface area contributed by atoms with Crippen LogP contribution in [-0.4, -0.2) is 31.3 Å². The zero-order valence-electron chi connectivity index (χ0n) is 9.91. The summed E-state index contributed by atoms with van der Waals surface area (Å²) in [5, 5.41) is 11.4. The van der Waals surface area contributed by atoms with Crippen LogP contribution in [0.4, 0.5) is 8.78 Å². The van der Waals surface area contributed by atoms with E-state index >= 15 is 0 Å². The van der Waals surface area contributed by atoms with Gasteiger partial charge in [0.15, 0.2) is 11.6 Å². The van der Waals surface area contributed by atoms with E-state index < -0.39 is 29.7 Å². The molecule has 0 fully saturated rings. The maximum absolute atomic E-state index is 13.7. The number of halogens is 2. The van der Waals surface area contributed by atoms with Crippen LogP contribution in [0, 0.1) is 11.6 Å². The number of ether oxygens (including phenoxy) is 1. The number of hydrogen-bond acceptors (Lipinski definition) is 4. The number of nitrogens with one attached hydrogen (secondary N) is 1. The predicted octanol–water partition coefficient (Wildman–Crippen LogP) is 0.646. The third kappa shape index (κ3) is 2.74. The van der Waals surface area contributed by atoms with Crippen LogP contribution in [0.3, 0.4) is 0 Å². The van der Waals surface area contributed by atoms with Crippen LogP contribution >= 0.6 is 0 Å². The van der Waals surface area contributed by atoms with Crippen LogP contribution in [0.15, 0.2) is 12.1 Å². The van der Waals surface area contributed by atoms with E-state index in [1.807, 2.05) is 0 Å². The first-order valence-electron chi connectivity index (χ1n) is 5.11. The third-order valence-electron chi connectivity index (χ3n) is 2.56. The number of carboxylic acids is 1. The van der Waals surface area contributed by atoms with Crippen molar-refractivity contribution in [3.63, 3.8) is 0 Å². The zero-order valence-corrected chi connectivity index (χ0v) is 9.91. The molecule has 0 bridgehead atoms. The molecule has 0 heterocycles. The molecule has 0 radical (unpaired) electrons. The molecule has 0 saturated carbocycles. The lowest BCUT2D eigenvalue weighted by Gasteiger charge is -2.21. The molecule has 1 aromatic carbocycles. The summed E-state index contributed by atoms with van der Waals surface area (Å²) in [6, 6.07) is -0.706. The first-order chi connectivity index (χ1) is 8.42. The first-order valence-corrected chi connectivity index (χ1v) is 5.11. The largest absolute Gasteiger partial charge is 0.494 e. The minimum Gasteiger partial charge on any atom is -0.494 e. The van der Waals surface area contributed by atoms with Crippen LogP contribution in [-0.2, 0) is 4.79 Å². The van der Waals surface area contributed by atoms with Crippen molar-refractivity contribution >= 4 is 5.97 Å². The average molecular weight is 260 g/mol. The van der Waals surface area contributed by atoms with Gasteiger partial charge in [-0.1, -0.05) is 0 Å². The van der Waals surface area contributed by atoms with Crippen LogP contribution in [0.1, 0.15) is 11.6 Å². The second kappa shape index (κ2) is 5.74. The van der Waals surface area contributed by atoms with E-state index in [2.05, 4.69) is 10.1 Å². The maximum atomic E-state index is 13.7. The number of hydrogen-bond donors (Lipinski definition) is 3. The Hall–Kier alpha value is -1.73. The van der Waals surface area contributed by atoms with Gasteiger partial charge < -0.3 is 20.9 Å². The van der Waals surface area contributed by atoms with Crippen molar-refractivity contribution in [1.82, 2.24) is 5.32 Å². The molecule has 2 unspecified atom stereocenters. The summed E-state index contributed by atoms with van der Waals surface area (Å²) < 4.78 is 31.8. The number of aliphatic carboxylic acids is 1. The number of carbonyl (C=O) groups is 1. The minimum absolute atomic E-state index is 0.161. The summed E-state index contributed by atoms with van der Waals surface area (Å²) in [5.41, 5.74) is 5.25. The summed E-state index contributed by atoms with van der Waals surface area (Å²) in [7, 11) is 2.62. The fraction of sp³-hybridized carbons (Fsp3) is 0.364. The van der Waals surface area contributed by atoms with Gasteiger partial charge >= 0.3 is 5.97 Å². The van der Waals surface area contributed by atoms with Crippen molar-refractivity contribution in [3.05, 3.63) is 29.3 Å². The Balaban J connectivity index is 3.22. The van der Waals surface area contributed by atoms with Crippen molar-refractivity contribution < 1.29 is 23.4 Å². The first kappa shape index (κ1) is 14.3. The number of nitrogens with two attached hydrogens (primary N) is 1. The monoisotopic (exact) mass is 260 g/mol. The molecule has 0 amide bonds. The summed E-state index contributed by atoms with van der Waals surface area (Å²) in [6.45, 7) is 0. The molecule has 5 nitrogen and oxygen atoms in total. The van der Waals surface area contributed by atoms with Crippen LogP contribution < -0.4 is 15.8 Å². The molecule has 0 aliphatic carbocycles. The lowest BCUT2D eigenvalue weighted by atomic mass is 9.99. The SMILES string of the molecule is CNC(c1cc(F)c(OC)cc1F)C(N)C(=O)O. The predicted molar refractivity (Wildman–Crippen MR) is 60.3 cm³/mol. The van der Waals surface area contributed by atoms with E-state index in [4.69, 9.17) is 10.8 Å². The van der Waals surface area contributed by atoms with Gasteiger partial charge in [0.25, 0.3) is 0 Å². The van der Waals surface area contributed by atoms with Crippen molar-refractivity contribution in [3.8, 4) is 5.75 Å². The van der Waals surface area contributed by atoms with E-state index in [1.54, 1.807) is 0 Å². The van der Waals surface area contributed by atoms with Gasteiger partial charge in [-0.2, -0.15) is 0 Å². The Morgan fingerprint density at radius 2 is 2.06 bits per heavy atom. The van der Waals surface area contributed by atoms with E-state index in [0.717, 1.165) is 12.1 Å². The van der Waals surface area contributed by atoms with Gasteiger partial charge in [-0.15, -0.1) is 0 Å². The molecule has 0 aliphatic rings. The zero-order chi connectivity index (χ0) is 13.9. The molecular formula is C11H14F2N2O3. The fourth-order valence-electron chi connectivity index (χ4n) is 1.61. The van der Waals surface area contributed by atoms with E-state index in [9.17, 15) is 13.6 Å². The summed E-state index contributed by atoms with van der Waals surface area (Å²) in [4.78, 5) is 10.8. The van der Waals surface area contributed by atoms with Gasteiger partial charge in [0.1, 0.15) is 11.9 Å². The molecule has 0 aliphatic heterocycles. The van der Waals surface area contributed by atoms with E-state index in [0.29, 0.717) is 0 Å². The molecule has 1 rings (SSSR count). The van der Waals surface area contributed by atoms with Crippen molar-refractivity contribution in [2.24, 2.45) is 5.73 Å². The van der Waals surface area contributed by atoms with Crippen LogP contribution in [0.2, 0.25) is 0 Å². The molecule has 2 atom stereocenters. The normalized spacial score (nSPS) is 14.1. The highest BCUT2D eigenvalue weighted by Crippen LogP contribution is 2.26. The van der Waals surface area contributed by atoms with Crippen molar-refractivity contribution in [2.75, 3.05) is 14.2 Å². The number of methoxy groups -OCH3 is 1. The topological polar surface area (TPSA) is 84.6 Å². The number of carboxylic acid groups (broad SMARTS) is 1. The summed E-state index contributed by atoms with van der Waals surface area (Å²) >= 11 is 0. The van der Waals surface area contributed by atoms with Gasteiger partial charge in [0, 0.05) is 11.6 Å². The van der Waals surface area contributed by atoms with Crippen molar-refractivity contribution in [1.29, 1.82) is 0 Å². The molecule has 0 saturated heterocycles. The number of benzene rings is 1. The van der Waals surface area contributed by atoms with Crippen LogP contribution in [0.5, 0.6) is 5.75 Å². The van der Waals surface area contributed by atoms with Gasteiger partial charge in [-0.3, -0.25) is 4.79 Å². The minimum atomic E-state index is -1.39. The van der Waals surface area contributed by atoms with Crippen molar-refractivity contribution in [2.45, 2.75) is 12.1 Å². The molecule has 7 heteroatoms. The Morgan fingerprint density at radius 3 is 2.50 bits per heavy atom. The number of likely N-dealkylation sites (N-methyl/N-ethyl adjacent to an activating group) is 1. The molecule has 1 aromatic rings. The fourth-order valence-corrected chi connectivity index (χ4v) is 1.61. The van der Waals surface area contributed by atoms with E-state index in [1.165, 1.54) is 14.2 Å². The lowest BCUT2D eigenvalue weighted by molar-refractivity contribution is -0.139. The standard InChI is InChI=1S/C11H14F2N2O3/c1-15-10(9(14)11(16)17)5-3-7(13)8(18-2)4-6(5)12/h3-4,9-10,15H,14H2,1-2H3,(H,16,17). The Labute approximate surface area is 103 Å². The average Bonchev–Trinajstić information content (AvgIpc) is 2.33. The van der Waals surface area contributed by atoms with E-state index in [-0.39, 0.29) is 11.3 Å². The summed E-state index contributed by atoms with van der Waals surface area (Å²) in [6.07, 6.45) is 0. The lowest BCUT2D eigenvalue weighted by Crippen LogP contribution is -2.42. The second-order valence-corrected chi connectivity index (χ2v) is 3.64. The van der Waals surface area contributed by atoms with Crippen LogP contribution in [0.25, 0.3) is 0 Å². The Bertz CT molecular complexity index is 454. The maximum Gasteiger partial charge on any atom is 0.322 e. The molecular weight excluding hydrogens is 246 g/mol. The molecule has 18 heavy (non-hydrogen) atoms. The number of rotatable bonds is 5. The Morgan fingerprint density at radius 1 is 1.44 bits per heavy atom. The highest BCUT2D eigenvalue weighted by Gasteiger charge is 2.28. The quantitative estimate of drug-likeness (QED) is 0.723. The third-order valence-corrected chi connectivity index (χ3v) is 2.56. The highest BCUT2D eigenvalue weighted by molar-refractivity contribution is 5.74. The molecule has 0 spiro atoms. The molecule has 100 valence electrons. The summed E-state index contributed by atoms with van der Waals surface area (Å²) in [5.74, 6) is -3.14. The molecule has 4 N–H and O–H groups in total. The van der Waals surface area contributed by atoms with Gasteiger partial charge in [-0.05, 0) is 13.1 Å². The second-order valence-electron chi connectivity index (χ2n) is 3.64. The van der Waals surface area contributed by atoms with Gasteiger partial charge in [-0.25, -0.2) is 8.78 Å². The van der Waals surface area contributed by atoms with Gasteiger partial charge in [0.2, 0.25) is 0 Å². The smallest absolute Gasteiger partial charge is 0.322 e. The molecule has 0 aromatic heterocycles. The van der Waals surface area contributed by atoms with Gasteiger partial charge in [0.05, 0.1) is 13.2 Å². The Kier molecular flexibility index (Phi) is 4.57. The highest BCUT2D eigenvalue weighted by atomic mass is 19.1.